The first-order valence-corrected chi connectivity index (χ1v) is 8.00. The standard InChI is InChI=1S/C15H10ClN5OS/c16-9-1-2-13-19-10(8-21(13)7-9)5-18-14(22)15-20-11-6-17-4-3-12(11)23-15/h1-4,6-8H,5H2,(H,18,22). The monoisotopic (exact) mass is 343 g/mol. The Morgan fingerprint density at radius 1 is 1.26 bits per heavy atom. The Morgan fingerprint density at radius 3 is 3.04 bits per heavy atom. The van der Waals surface area contributed by atoms with Gasteiger partial charge in [0.15, 0.2) is 5.01 Å². The molecule has 0 aliphatic rings. The predicted molar refractivity (Wildman–Crippen MR) is 88.8 cm³/mol. The number of hydrogen-bond acceptors (Lipinski definition) is 5. The maximum atomic E-state index is 12.2. The van der Waals surface area contributed by atoms with Crippen molar-refractivity contribution in [1.82, 2.24) is 24.7 Å². The van der Waals surface area contributed by atoms with E-state index >= 15 is 0 Å². The molecule has 8 heteroatoms. The number of pyridine rings is 2. The highest BCUT2D eigenvalue weighted by Gasteiger charge is 2.12. The SMILES string of the molecule is O=C(NCc1cn2cc(Cl)ccc2n1)c1nc2cnccc2s1. The van der Waals surface area contributed by atoms with Crippen LogP contribution in [-0.2, 0) is 6.54 Å². The van der Waals surface area contributed by atoms with Gasteiger partial charge in [-0.2, -0.15) is 0 Å². The Labute approximate surface area is 139 Å². The van der Waals surface area contributed by atoms with Crippen LogP contribution in [0, 0.1) is 0 Å². The summed E-state index contributed by atoms with van der Waals surface area (Å²) in [6.45, 7) is 0.326. The zero-order chi connectivity index (χ0) is 15.8. The van der Waals surface area contributed by atoms with Gasteiger partial charge in [-0.1, -0.05) is 11.6 Å². The molecule has 0 aromatic carbocycles. The summed E-state index contributed by atoms with van der Waals surface area (Å²) in [5, 5.41) is 3.88. The van der Waals surface area contributed by atoms with Crippen LogP contribution in [-0.4, -0.2) is 25.3 Å². The van der Waals surface area contributed by atoms with Gasteiger partial charge in [-0.25, -0.2) is 9.97 Å². The number of nitrogens with zero attached hydrogens (tertiary/aromatic N) is 4. The Morgan fingerprint density at radius 2 is 2.17 bits per heavy atom. The summed E-state index contributed by atoms with van der Waals surface area (Å²) >= 11 is 7.29. The topological polar surface area (TPSA) is 72.2 Å². The molecule has 23 heavy (non-hydrogen) atoms. The number of hydrogen-bond donors (Lipinski definition) is 1. The third kappa shape index (κ3) is 2.76. The molecule has 4 aromatic heterocycles. The Balaban J connectivity index is 1.51. The van der Waals surface area contributed by atoms with Gasteiger partial charge in [0.1, 0.15) is 11.2 Å². The highest BCUT2D eigenvalue weighted by atomic mass is 35.5. The molecule has 4 aromatic rings. The number of nitrogens with one attached hydrogen (secondary N) is 1. The minimum atomic E-state index is -0.221. The molecule has 114 valence electrons. The van der Waals surface area contributed by atoms with Crippen molar-refractivity contribution in [3.05, 3.63) is 58.7 Å². The van der Waals surface area contributed by atoms with Crippen LogP contribution in [0.1, 0.15) is 15.5 Å². The van der Waals surface area contributed by atoms with Crippen LogP contribution in [0.5, 0.6) is 0 Å². The molecule has 0 atom stereocenters. The molecular weight excluding hydrogens is 334 g/mol. The van der Waals surface area contributed by atoms with Crippen molar-refractivity contribution in [3.8, 4) is 0 Å². The molecule has 0 saturated carbocycles. The minimum Gasteiger partial charge on any atom is -0.344 e. The van der Waals surface area contributed by atoms with Gasteiger partial charge in [-0.05, 0) is 18.2 Å². The summed E-state index contributed by atoms with van der Waals surface area (Å²) in [5.74, 6) is -0.221. The molecule has 0 spiro atoms. The van der Waals surface area contributed by atoms with Crippen molar-refractivity contribution in [3.63, 3.8) is 0 Å². The highest BCUT2D eigenvalue weighted by molar-refractivity contribution is 7.20. The fourth-order valence-electron chi connectivity index (χ4n) is 2.23. The summed E-state index contributed by atoms with van der Waals surface area (Å²) in [6.07, 6.45) is 6.94. The lowest BCUT2D eigenvalue weighted by Gasteiger charge is -1.98. The second kappa shape index (κ2) is 5.60. The fourth-order valence-corrected chi connectivity index (χ4v) is 3.24. The van der Waals surface area contributed by atoms with Gasteiger partial charge in [0.05, 0.1) is 28.2 Å². The lowest BCUT2D eigenvalue weighted by Crippen LogP contribution is -2.22. The van der Waals surface area contributed by atoms with Crippen LogP contribution in [0.2, 0.25) is 5.02 Å². The fraction of sp³-hybridized carbons (Fsp3) is 0.0667. The minimum absolute atomic E-state index is 0.221. The number of aromatic nitrogens is 4. The second-order valence-corrected chi connectivity index (χ2v) is 6.36. The first-order valence-electron chi connectivity index (χ1n) is 6.81. The number of fused-ring (bicyclic) bond motifs is 2. The van der Waals surface area contributed by atoms with E-state index in [1.54, 1.807) is 24.7 Å². The van der Waals surface area contributed by atoms with Crippen LogP contribution in [0.15, 0.2) is 43.0 Å². The average molecular weight is 344 g/mol. The Bertz CT molecular complexity index is 992. The largest absolute Gasteiger partial charge is 0.344 e. The summed E-state index contributed by atoms with van der Waals surface area (Å²) in [6, 6.07) is 5.45. The first-order chi connectivity index (χ1) is 11.2. The van der Waals surface area contributed by atoms with E-state index in [1.165, 1.54) is 11.3 Å². The van der Waals surface area contributed by atoms with Crippen molar-refractivity contribution >= 4 is 44.7 Å². The molecule has 4 heterocycles. The maximum absolute atomic E-state index is 12.2. The van der Waals surface area contributed by atoms with Crippen molar-refractivity contribution in [2.75, 3.05) is 0 Å². The highest BCUT2D eigenvalue weighted by Crippen LogP contribution is 2.20. The van der Waals surface area contributed by atoms with E-state index in [0.29, 0.717) is 16.6 Å². The van der Waals surface area contributed by atoms with E-state index < -0.39 is 0 Å². The van der Waals surface area contributed by atoms with Gasteiger partial charge >= 0.3 is 0 Å². The molecule has 6 nitrogen and oxygen atoms in total. The van der Waals surface area contributed by atoms with Gasteiger partial charge in [-0.15, -0.1) is 11.3 Å². The van der Waals surface area contributed by atoms with Crippen molar-refractivity contribution in [2.45, 2.75) is 6.54 Å². The first kappa shape index (κ1) is 14.1. The number of carbonyl (C=O) groups excluding carboxylic acids is 1. The molecule has 0 fully saturated rings. The molecule has 1 N–H and O–H groups in total. The van der Waals surface area contributed by atoms with Crippen LogP contribution in [0.4, 0.5) is 0 Å². The average Bonchev–Trinajstić information content (AvgIpc) is 3.15. The zero-order valence-corrected chi connectivity index (χ0v) is 13.3. The Hall–Kier alpha value is -2.51. The van der Waals surface area contributed by atoms with E-state index in [-0.39, 0.29) is 5.91 Å². The van der Waals surface area contributed by atoms with E-state index in [9.17, 15) is 4.79 Å². The van der Waals surface area contributed by atoms with Gasteiger partial charge in [0.2, 0.25) is 0 Å². The van der Waals surface area contributed by atoms with Crippen molar-refractivity contribution in [1.29, 1.82) is 0 Å². The number of amides is 1. The molecule has 4 rings (SSSR count). The molecule has 1 amide bonds. The number of carbonyl (C=O) groups is 1. The normalized spacial score (nSPS) is 11.2. The quantitative estimate of drug-likeness (QED) is 0.620. The smallest absolute Gasteiger partial charge is 0.280 e. The summed E-state index contributed by atoms with van der Waals surface area (Å²) in [5.41, 5.74) is 2.26. The van der Waals surface area contributed by atoms with Gasteiger partial charge < -0.3 is 9.72 Å². The number of halogens is 1. The van der Waals surface area contributed by atoms with Crippen LogP contribution in [0.3, 0.4) is 0 Å². The molecule has 0 saturated heterocycles. The van der Waals surface area contributed by atoms with Crippen LogP contribution >= 0.6 is 22.9 Å². The third-order valence-electron chi connectivity index (χ3n) is 3.28. The molecule has 0 aliphatic carbocycles. The number of thiazole rings is 1. The second-order valence-electron chi connectivity index (χ2n) is 4.89. The van der Waals surface area contributed by atoms with Crippen molar-refractivity contribution in [2.24, 2.45) is 0 Å². The number of imidazole rings is 1. The van der Waals surface area contributed by atoms with E-state index in [1.807, 2.05) is 22.7 Å². The van der Waals surface area contributed by atoms with Crippen molar-refractivity contribution < 1.29 is 4.79 Å². The summed E-state index contributed by atoms with van der Waals surface area (Å²) in [4.78, 5) is 24.9. The van der Waals surface area contributed by atoms with E-state index in [4.69, 9.17) is 11.6 Å². The Kier molecular flexibility index (Phi) is 3.44. The maximum Gasteiger partial charge on any atom is 0.280 e. The third-order valence-corrected chi connectivity index (χ3v) is 4.54. The zero-order valence-electron chi connectivity index (χ0n) is 11.7. The summed E-state index contributed by atoms with van der Waals surface area (Å²) < 4.78 is 2.76. The number of rotatable bonds is 3. The molecule has 0 bridgehead atoms. The lowest BCUT2D eigenvalue weighted by atomic mass is 10.4. The molecule has 0 unspecified atom stereocenters. The van der Waals surface area contributed by atoms with E-state index in [0.717, 1.165) is 21.6 Å². The predicted octanol–water partition coefficient (Wildman–Crippen LogP) is 2.92. The summed E-state index contributed by atoms with van der Waals surface area (Å²) in [7, 11) is 0. The lowest BCUT2D eigenvalue weighted by molar-refractivity contribution is 0.0950. The van der Waals surface area contributed by atoms with Gasteiger partial charge in [0, 0.05) is 18.6 Å². The van der Waals surface area contributed by atoms with Crippen LogP contribution < -0.4 is 5.32 Å². The molecule has 0 radical (unpaired) electrons. The van der Waals surface area contributed by atoms with Gasteiger partial charge in [0.25, 0.3) is 5.91 Å². The van der Waals surface area contributed by atoms with Gasteiger partial charge in [-0.3, -0.25) is 9.78 Å². The van der Waals surface area contributed by atoms with Crippen LogP contribution in [0.25, 0.3) is 15.9 Å². The van der Waals surface area contributed by atoms with E-state index in [2.05, 4.69) is 20.3 Å². The molecular formula is C15H10ClN5OS. The molecule has 0 aliphatic heterocycles.